The lowest BCUT2D eigenvalue weighted by Crippen LogP contribution is -2.49. The van der Waals surface area contributed by atoms with Gasteiger partial charge in [0.2, 0.25) is 11.5 Å². The van der Waals surface area contributed by atoms with Crippen molar-refractivity contribution in [1.82, 2.24) is 0 Å². The van der Waals surface area contributed by atoms with E-state index in [-0.39, 0.29) is 12.3 Å². The molecule has 1 aromatic carbocycles. The smallest absolute Gasteiger partial charge is 0.339 e. The van der Waals surface area contributed by atoms with Crippen molar-refractivity contribution in [3.63, 3.8) is 0 Å². The van der Waals surface area contributed by atoms with Crippen molar-refractivity contribution in [3.8, 4) is 0 Å². The van der Waals surface area contributed by atoms with Gasteiger partial charge in [0, 0.05) is 24.2 Å². The van der Waals surface area contributed by atoms with Crippen LogP contribution in [0.15, 0.2) is 41.3 Å². The van der Waals surface area contributed by atoms with Crippen LogP contribution in [0.2, 0.25) is 0 Å². The molecule has 0 fully saturated rings. The first-order valence-electron chi connectivity index (χ1n) is 8.30. The number of nitrogens with two attached hydrogens (primary N) is 2. The van der Waals surface area contributed by atoms with Crippen molar-refractivity contribution in [2.75, 3.05) is 5.75 Å². The van der Waals surface area contributed by atoms with Gasteiger partial charge in [0.25, 0.3) is 5.91 Å². The average Bonchev–Trinajstić information content (AvgIpc) is 3.15. The van der Waals surface area contributed by atoms with Crippen LogP contribution in [0.3, 0.4) is 0 Å². The Labute approximate surface area is 160 Å². The molecule has 0 radical (unpaired) electrons. The molecule has 1 atom stereocenters. The largest absolute Gasteiger partial charge is 0.441 e. The van der Waals surface area contributed by atoms with Gasteiger partial charge in [-0.15, -0.1) is 0 Å². The minimum Gasteiger partial charge on any atom is -0.441 e. The maximum atomic E-state index is 12.6. The molecule has 1 aromatic rings. The molecule has 0 aliphatic carbocycles. The summed E-state index contributed by atoms with van der Waals surface area (Å²) in [5, 5.41) is 1.83. The number of benzene rings is 1. The van der Waals surface area contributed by atoms with Crippen molar-refractivity contribution in [2.24, 2.45) is 11.5 Å². The molecule has 2 rings (SSSR count). The van der Waals surface area contributed by atoms with E-state index in [1.165, 1.54) is 10.8 Å². The molecule has 26 heavy (non-hydrogen) atoms. The molecule has 4 N–H and O–H groups in total. The van der Waals surface area contributed by atoms with E-state index in [4.69, 9.17) is 16.2 Å². The van der Waals surface area contributed by atoms with Gasteiger partial charge in [0.15, 0.2) is 0 Å². The summed E-state index contributed by atoms with van der Waals surface area (Å²) in [4.78, 5) is 35.8. The summed E-state index contributed by atoms with van der Waals surface area (Å²) in [5.41, 5.74) is 10.4. The highest BCUT2D eigenvalue weighted by Gasteiger charge is 2.45. The van der Waals surface area contributed by atoms with Crippen LogP contribution in [0.4, 0.5) is 0 Å². The van der Waals surface area contributed by atoms with E-state index < -0.39 is 17.5 Å². The first-order chi connectivity index (χ1) is 12.5. The molecule has 1 heterocycles. The highest BCUT2D eigenvalue weighted by molar-refractivity contribution is 8.78. The predicted octanol–water partition coefficient (Wildman–Crippen LogP) is 2.78. The SMILES string of the molecule is NC(=O)CCCCCC(OC(=O)c1ccccc1)(C(N)=O)C1=CSSC1. The normalized spacial score (nSPS) is 15.8. The van der Waals surface area contributed by atoms with Crippen molar-refractivity contribution in [3.05, 3.63) is 46.9 Å². The maximum absolute atomic E-state index is 12.6. The molecule has 2 amide bonds. The zero-order chi connectivity index (χ0) is 19.0. The molecule has 1 aliphatic heterocycles. The van der Waals surface area contributed by atoms with Crippen LogP contribution in [0.1, 0.15) is 42.5 Å². The second-order valence-electron chi connectivity index (χ2n) is 5.98. The molecule has 140 valence electrons. The summed E-state index contributed by atoms with van der Waals surface area (Å²) in [5.74, 6) is -1.04. The second kappa shape index (κ2) is 9.68. The molecule has 8 heteroatoms. The molecular weight excluding hydrogens is 372 g/mol. The minimum atomic E-state index is -1.46. The Hall–Kier alpha value is -1.93. The third-order valence-corrected chi connectivity index (χ3v) is 6.11. The van der Waals surface area contributed by atoms with E-state index >= 15 is 0 Å². The Morgan fingerprint density at radius 2 is 1.81 bits per heavy atom. The minimum absolute atomic E-state index is 0.284. The fourth-order valence-corrected chi connectivity index (χ4v) is 4.90. The molecule has 6 nitrogen and oxygen atoms in total. The molecule has 0 saturated heterocycles. The van der Waals surface area contributed by atoms with Crippen LogP contribution in [-0.2, 0) is 14.3 Å². The lowest BCUT2D eigenvalue weighted by Gasteiger charge is -2.31. The van der Waals surface area contributed by atoms with Crippen molar-refractivity contribution in [2.45, 2.75) is 37.7 Å². The van der Waals surface area contributed by atoms with Crippen molar-refractivity contribution >= 4 is 39.4 Å². The van der Waals surface area contributed by atoms with Crippen LogP contribution in [0, 0.1) is 0 Å². The van der Waals surface area contributed by atoms with Gasteiger partial charge in [0.1, 0.15) is 0 Å². The first kappa shape index (κ1) is 20.4. The quantitative estimate of drug-likeness (QED) is 0.358. The highest BCUT2D eigenvalue weighted by atomic mass is 33.1. The van der Waals surface area contributed by atoms with Gasteiger partial charge >= 0.3 is 5.97 Å². The molecule has 0 bridgehead atoms. The maximum Gasteiger partial charge on any atom is 0.339 e. The monoisotopic (exact) mass is 394 g/mol. The number of primary amides is 2. The Balaban J connectivity index is 2.15. The molecule has 0 saturated carbocycles. The summed E-state index contributed by atoms with van der Waals surface area (Å²) < 4.78 is 5.70. The van der Waals surface area contributed by atoms with E-state index in [2.05, 4.69) is 0 Å². The van der Waals surface area contributed by atoms with Gasteiger partial charge < -0.3 is 16.2 Å². The number of amides is 2. The fraction of sp³-hybridized carbons (Fsp3) is 0.389. The van der Waals surface area contributed by atoms with Crippen molar-refractivity contribution < 1.29 is 19.1 Å². The second-order valence-corrected chi connectivity index (χ2v) is 8.21. The Morgan fingerprint density at radius 1 is 1.08 bits per heavy atom. The number of rotatable bonds is 10. The summed E-state index contributed by atoms with van der Waals surface area (Å²) in [6, 6.07) is 8.52. The average molecular weight is 395 g/mol. The zero-order valence-electron chi connectivity index (χ0n) is 14.3. The highest BCUT2D eigenvalue weighted by Crippen LogP contribution is 2.42. The Morgan fingerprint density at radius 3 is 2.38 bits per heavy atom. The first-order valence-corrected chi connectivity index (χ1v) is 10.7. The van der Waals surface area contributed by atoms with Gasteiger partial charge in [-0.25, -0.2) is 4.79 Å². The van der Waals surface area contributed by atoms with E-state index in [9.17, 15) is 14.4 Å². The summed E-state index contributed by atoms with van der Waals surface area (Å²) in [6.45, 7) is 0. The van der Waals surface area contributed by atoms with E-state index in [0.29, 0.717) is 42.6 Å². The fourth-order valence-electron chi connectivity index (χ4n) is 2.69. The molecule has 1 aliphatic rings. The number of ether oxygens (including phenoxy) is 1. The van der Waals surface area contributed by atoms with Crippen LogP contribution in [0.5, 0.6) is 0 Å². The molecular formula is C18H22N2O4S2. The Bertz CT molecular complexity index is 694. The summed E-state index contributed by atoms with van der Waals surface area (Å²) in [7, 11) is 3.05. The standard InChI is InChI=1S/C18H22N2O4S2/c19-15(21)9-5-2-6-10-18(17(20)23,14-11-25-26-12-14)24-16(22)13-7-3-1-4-8-13/h1,3-4,7-8,11H,2,5-6,9-10,12H2,(H2,19,21)(H2,20,23). The van der Waals surface area contributed by atoms with Crippen LogP contribution in [-0.4, -0.2) is 29.1 Å². The van der Waals surface area contributed by atoms with E-state index in [1.54, 1.807) is 41.1 Å². The number of unbranched alkanes of at least 4 members (excludes halogenated alkanes) is 2. The summed E-state index contributed by atoms with van der Waals surface area (Å²) >= 11 is 0. The lowest BCUT2D eigenvalue weighted by atomic mass is 9.88. The van der Waals surface area contributed by atoms with Crippen LogP contribution in [0.25, 0.3) is 0 Å². The molecule has 0 aromatic heterocycles. The van der Waals surface area contributed by atoms with E-state index in [0.717, 1.165) is 0 Å². The molecule has 0 spiro atoms. The number of carbonyl (C=O) groups is 3. The van der Waals surface area contributed by atoms with Gasteiger partial charge in [-0.3, -0.25) is 9.59 Å². The van der Waals surface area contributed by atoms with Crippen LogP contribution < -0.4 is 11.5 Å². The zero-order valence-corrected chi connectivity index (χ0v) is 15.9. The summed E-state index contributed by atoms with van der Waals surface area (Å²) in [6.07, 6.45) is 2.48. The predicted molar refractivity (Wildman–Crippen MR) is 104 cm³/mol. The van der Waals surface area contributed by atoms with E-state index in [1.807, 2.05) is 5.41 Å². The van der Waals surface area contributed by atoms with Gasteiger partial charge in [-0.2, -0.15) is 0 Å². The number of hydrogen-bond donors (Lipinski definition) is 2. The number of hydrogen-bond acceptors (Lipinski definition) is 6. The third-order valence-electron chi connectivity index (χ3n) is 4.12. The third kappa shape index (κ3) is 5.28. The van der Waals surface area contributed by atoms with Crippen LogP contribution >= 0.6 is 21.6 Å². The lowest BCUT2D eigenvalue weighted by molar-refractivity contribution is -0.134. The molecule has 1 unspecified atom stereocenters. The van der Waals surface area contributed by atoms with Crippen molar-refractivity contribution in [1.29, 1.82) is 0 Å². The van der Waals surface area contributed by atoms with Gasteiger partial charge in [-0.05, 0) is 30.4 Å². The topological polar surface area (TPSA) is 112 Å². The number of carbonyl (C=O) groups excluding carboxylic acids is 3. The number of esters is 1. The Kier molecular flexibility index (Phi) is 7.59. The van der Waals surface area contributed by atoms with Gasteiger partial charge in [0.05, 0.1) is 5.56 Å². The van der Waals surface area contributed by atoms with Gasteiger partial charge in [-0.1, -0.05) is 46.2 Å².